The third-order valence-corrected chi connectivity index (χ3v) is 6.11. The molecule has 0 unspecified atom stereocenters. The zero-order chi connectivity index (χ0) is 21.8. The van der Waals surface area contributed by atoms with E-state index in [9.17, 15) is 4.79 Å². The predicted molar refractivity (Wildman–Crippen MR) is 125 cm³/mol. The third-order valence-electron chi connectivity index (χ3n) is 5.91. The monoisotopic (exact) mass is 440 g/mol. The van der Waals surface area contributed by atoms with Gasteiger partial charge in [0.05, 0.1) is 17.3 Å². The molecule has 0 aliphatic carbocycles. The number of carbonyl (C=O) groups is 1. The van der Waals surface area contributed by atoms with Crippen LogP contribution in [0.5, 0.6) is 5.75 Å². The molecule has 31 heavy (non-hydrogen) atoms. The number of carbonyl (C=O) groups excluding carboxylic acids is 1. The quantitative estimate of drug-likeness (QED) is 0.412. The van der Waals surface area contributed by atoms with E-state index in [4.69, 9.17) is 16.3 Å². The number of benzene rings is 1. The second-order valence-electron chi connectivity index (χ2n) is 8.41. The number of aromatic nitrogens is 2. The molecular weight excluding hydrogens is 412 g/mol. The van der Waals surface area contributed by atoms with Crippen LogP contribution in [-0.4, -0.2) is 66.5 Å². The molecule has 4 rings (SSSR count). The number of H-pyrrole nitrogens is 1. The molecule has 0 spiro atoms. The van der Waals surface area contributed by atoms with Crippen LogP contribution in [0.15, 0.2) is 36.5 Å². The smallest absolute Gasteiger partial charge is 0.209 e. The molecule has 1 N–H and O–H groups in total. The van der Waals surface area contributed by atoms with Gasteiger partial charge in [0.15, 0.2) is 0 Å². The fourth-order valence-corrected chi connectivity index (χ4v) is 4.46. The summed E-state index contributed by atoms with van der Waals surface area (Å²) in [5.41, 5.74) is 4.27. The van der Waals surface area contributed by atoms with Gasteiger partial charge in [0.25, 0.3) is 0 Å². The van der Waals surface area contributed by atoms with Crippen LogP contribution in [0.2, 0.25) is 5.02 Å². The van der Waals surface area contributed by atoms with Crippen LogP contribution in [0.4, 0.5) is 0 Å². The lowest BCUT2D eigenvalue weighted by Crippen LogP contribution is -2.31. The minimum Gasteiger partial charge on any atom is -0.494 e. The summed E-state index contributed by atoms with van der Waals surface area (Å²) in [5, 5.41) is 1.70. The van der Waals surface area contributed by atoms with Gasteiger partial charge in [-0.2, -0.15) is 0 Å². The van der Waals surface area contributed by atoms with Crippen LogP contribution in [-0.2, 0) is 4.79 Å². The van der Waals surface area contributed by atoms with Gasteiger partial charge >= 0.3 is 0 Å². The molecule has 1 saturated heterocycles. The van der Waals surface area contributed by atoms with E-state index >= 15 is 0 Å². The Hall–Kier alpha value is -2.57. The van der Waals surface area contributed by atoms with Crippen LogP contribution in [0.25, 0.3) is 22.3 Å². The summed E-state index contributed by atoms with van der Waals surface area (Å²) >= 11 is 6.28. The molecule has 1 aliphatic rings. The van der Waals surface area contributed by atoms with E-state index in [0.29, 0.717) is 17.5 Å². The van der Waals surface area contributed by atoms with Crippen molar-refractivity contribution in [3.63, 3.8) is 0 Å². The average molecular weight is 441 g/mol. The number of ether oxygens (including phenoxy) is 1. The van der Waals surface area contributed by atoms with Gasteiger partial charge in [0.2, 0.25) is 6.41 Å². The van der Waals surface area contributed by atoms with E-state index < -0.39 is 0 Å². The van der Waals surface area contributed by atoms with Crippen molar-refractivity contribution in [1.82, 2.24) is 19.8 Å². The number of hydrogen-bond acceptors (Lipinski definition) is 4. The van der Waals surface area contributed by atoms with Gasteiger partial charge in [-0.25, -0.2) is 4.98 Å². The molecule has 6 nitrogen and oxygen atoms in total. The Morgan fingerprint density at radius 1 is 1.26 bits per heavy atom. The first-order valence-corrected chi connectivity index (χ1v) is 11.2. The summed E-state index contributed by atoms with van der Waals surface area (Å²) in [6, 6.07) is 10.2. The summed E-state index contributed by atoms with van der Waals surface area (Å²) in [5.74, 6) is 1.22. The number of halogens is 1. The number of piperidine rings is 1. The maximum atomic E-state index is 11.1. The molecule has 1 amide bonds. The summed E-state index contributed by atoms with van der Waals surface area (Å²) in [4.78, 5) is 23.2. The molecule has 0 saturated carbocycles. The number of fused-ring (bicyclic) bond motifs is 1. The molecule has 3 heterocycles. The predicted octanol–water partition coefficient (Wildman–Crippen LogP) is 4.55. The normalized spacial score (nSPS) is 15.0. The number of amides is 1. The van der Waals surface area contributed by atoms with Crippen molar-refractivity contribution in [1.29, 1.82) is 0 Å². The Balaban J connectivity index is 1.60. The molecule has 2 aromatic heterocycles. The highest BCUT2D eigenvalue weighted by atomic mass is 35.5. The van der Waals surface area contributed by atoms with Crippen LogP contribution >= 0.6 is 11.6 Å². The first-order valence-electron chi connectivity index (χ1n) is 10.8. The van der Waals surface area contributed by atoms with Gasteiger partial charge in [-0.3, -0.25) is 4.79 Å². The number of rotatable bonds is 8. The lowest BCUT2D eigenvalue weighted by Gasteiger charge is -2.29. The van der Waals surface area contributed by atoms with E-state index in [-0.39, 0.29) is 0 Å². The van der Waals surface area contributed by atoms with Crippen molar-refractivity contribution < 1.29 is 9.53 Å². The maximum absolute atomic E-state index is 11.1. The van der Waals surface area contributed by atoms with Gasteiger partial charge in [-0.05, 0) is 80.7 Å². The fraction of sp³-hybridized carbons (Fsp3) is 0.417. The van der Waals surface area contributed by atoms with Crippen LogP contribution < -0.4 is 4.74 Å². The Morgan fingerprint density at radius 3 is 2.68 bits per heavy atom. The number of nitrogens with zero attached hydrogens (tertiary/aromatic N) is 3. The Bertz CT molecular complexity index is 1020. The highest BCUT2D eigenvalue weighted by Gasteiger charge is 2.26. The summed E-state index contributed by atoms with van der Waals surface area (Å²) in [6.45, 7) is 3.25. The maximum Gasteiger partial charge on any atom is 0.209 e. The minimum absolute atomic E-state index is 0.349. The topological polar surface area (TPSA) is 61.5 Å². The summed E-state index contributed by atoms with van der Waals surface area (Å²) in [6.07, 6.45) is 5.47. The standard InChI is InChI=1S/C24H29ClN4O2/c1-28(2)10-3-13-31-20-6-4-18(5-7-20)23-22(17-8-11-29(16-30)12-9-17)21-14-19(25)15-26-24(21)27-23/h4-7,14-17H,3,8-13H2,1-2H3,(H,26,27). The lowest BCUT2D eigenvalue weighted by molar-refractivity contribution is -0.119. The fourth-order valence-electron chi connectivity index (χ4n) is 4.30. The van der Waals surface area contributed by atoms with Gasteiger partial charge in [-0.15, -0.1) is 0 Å². The number of hydrogen-bond donors (Lipinski definition) is 1. The van der Waals surface area contributed by atoms with E-state index in [2.05, 4.69) is 41.1 Å². The highest BCUT2D eigenvalue weighted by Crippen LogP contribution is 2.40. The second-order valence-corrected chi connectivity index (χ2v) is 8.85. The molecule has 0 bridgehead atoms. The largest absolute Gasteiger partial charge is 0.494 e. The third kappa shape index (κ3) is 5.02. The SMILES string of the molecule is CN(C)CCCOc1ccc(-c2[nH]c3ncc(Cl)cc3c2C2CCN(C=O)CC2)cc1. The van der Waals surface area contributed by atoms with Gasteiger partial charge in [0, 0.05) is 31.2 Å². The van der Waals surface area contributed by atoms with Gasteiger partial charge in [-0.1, -0.05) is 11.6 Å². The van der Waals surface area contributed by atoms with Crippen LogP contribution in [0.3, 0.4) is 0 Å². The molecule has 1 aliphatic heterocycles. The van der Waals surface area contributed by atoms with Crippen molar-refractivity contribution in [2.75, 3.05) is 40.3 Å². The van der Waals surface area contributed by atoms with Gasteiger partial charge < -0.3 is 19.5 Å². The molecule has 1 aromatic carbocycles. The molecule has 7 heteroatoms. The van der Waals surface area contributed by atoms with Crippen molar-refractivity contribution in [2.24, 2.45) is 0 Å². The Labute approximate surface area is 188 Å². The van der Waals surface area contributed by atoms with Gasteiger partial charge in [0.1, 0.15) is 11.4 Å². The lowest BCUT2D eigenvalue weighted by atomic mass is 9.86. The highest BCUT2D eigenvalue weighted by molar-refractivity contribution is 6.31. The number of pyridine rings is 1. The van der Waals surface area contributed by atoms with Crippen molar-refractivity contribution in [3.05, 3.63) is 47.1 Å². The molecular formula is C24H29ClN4O2. The molecule has 0 radical (unpaired) electrons. The van der Waals surface area contributed by atoms with E-state index in [1.807, 2.05) is 23.1 Å². The van der Waals surface area contributed by atoms with E-state index in [0.717, 1.165) is 73.3 Å². The number of aromatic amines is 1. The number of nitrogens with one attached hydrogen (secondary N) is 1. The van der Waals surface area contributed by atoms with Crippen molar-refractivity contribution >= 4 is 29.0 Å². The first-order chi connectivity index (χ1) is 15.0. The molecule has 0 atom stereocenters. The molecule has 164 valence electrons. The minimum atomic E-state index is 0.349. The zero-order valence-electron chi connectivity index (χ0n) is 18.1. The van der Waals surface area contributed by atoms with Crippen LogP contribution in [0.1, 0.15) is 30.7 Å². The van der Waals surface area contributed by atoms with Crippen molar-refractivity contribution in [3.8, 4) is 17.0 Å². The summed E-state index contributed by atoms with van der Waals surface area (Å²) < 4.78 is 5.89. The van der Waals surface area contributed by atoms with Crippen LogP contribution in [0, 0.1) is 0 Å². The zero-order valence-corrected chi connectivity index (χ0v) is 18.9. The average Bonchev–Trinajstić information content (AvgIpc) is 3.15. The molecule has 1 fully saturated rings. The van der Waals surface area contributed by atoms with E-state index in [1.165, 1.54) is 5.56 Å². The molecule has 3 aromatic rings. The van der Waals surface area contributed by atoms with E-state index in [1.54, 1.807) is 6.20 Å². The summed E-state index contributed by atoms with van der Waals surface area (Å²) in [7, 11) is 4.13. The number of likely N-dealkylation sites (tertiary alicyclic amines) is 1. The Morgan fingerprint density at radius 2 is 2.00 bits per heavy atom. The first kappa shape index (κ1) is 21.7. The Kier molecular flexibility index (Phi) is 6.78. The second kappa shape index (κ2) is 9.71. The van der Waals surface area contributed by atoms with Crippen molar-refractivity contribution in [2.45, 2.75) is 25.2 Å².